The Balaban J connectivity index is 1.66. The molecule has 0 radical (unpaired) electrons. The monoisotopic (exact) mass is 542 g/mol. The second kappa shape index (κ2) is 13.4. The number of fused-ring (bicyclic) bond motifs is 4. The maximum Gasteiger partial charge on any atom is 0.225 e. The van der Waals surface area contributed by atoms with Crippen molar-refractivity contribution < 1.29 is 9.59 Å². The lowest BCUT2D eigenvalue weighted by molar-refractivity contribution is -0.137. The Labute approximate surface area is 238 Å². The molecule has 4 bridgehead atoms. The molecular weight excluding hydrogens is 500 g/mol. The smallest absolute Gasteiger partial charge is 0.225 e. The highest BCUT2D eigenvalue weighted by atomic mass is 16.2. The lowest BCUT2D eigenvalue weighted by Crippen LogP contribution is -2.40. The summed E-state index contributed by atoms with van der Waals surface area (Å²) in [5.74, 6) is 1.72. The number of pyridine rings is 1. The first-order valence-electron chi connectivity index (χ1n) is 14.3. The van der Waals surface area contributed by atoms with E-state index in [0.717, 1.165) is 83.8 Å². The van der Waals surface area contributed by atoms with Crippen molar-refractivity contribution >= 4 is 29.5 Å². The number of amides is 2. The minimum atomic E-state index is -0.0371. The molecule has 1 aromatic carbocycles. The number of allylic oxidation sites excluding steroid dienone is 2. The van der Waals surface area contributed by atoms with Crippen LogP contribution in [-0.4, -0.2) is 53.1 Å². The van der Waals surface area contributed by atoms with Crippen molar-refractivity contribution in [2.75, 3.05) is 30.8 Å². The highest BCUT2D eigenvalue weighted by molar-refractivity contribution is 6.08. The third-order valence-electron chi connectivity index (χ3n) is 7.99. The molecule has 2 amide bonds. The first-order chi connectivity index (χ1) is 19.3. The van der Waals surface area contributed by atoms with Crippen LogP contribution in [0.4, 0.5) is 11.4 Å². The number of anilines is 2. The van der Waals surface area contributed by atoms with E-state index < -0.39 is 0 Å². The molecule has 0 aliphatic carbocycles. The third kappa shape index (κ3) is 7.17. The van der Waals surface area contributed by atoms with Crippen LogP contribution in [-0.2, 0) is 29.0 Å². The van der Waals surface area contributed by atoms with Crippen LogP contribution in [0.3, 0.4) is 0 Å². The van der Waals surface area contributed by atoms with Crippen molar-refractivity contribution in [3.63, 3.8) is 0 Å². The number of nitrogens with zero attached hydrogens (tertiary/aromatic N) is 4. The van der Waals surface area contributed by atoms with E-state index >= 15 is 0 Å². The van der Waals surface area contributed by atoms with Gasteiger partial charge in [-0.3, -0.25) is 14.6 Å². The Morgan fingerprint density at radius 2 is 1.88 bits per heavy atom. The number of aryl methyl sites for hydroxylation is 2. The molecule has 0 saturated carbocycles. The number of piperidine rings is 1. The second-order valence-corrected chi connectivity index (χ2v) is 10.8. The summed E-state index contributed by atoms with van der Waals surface area (Å²) in [6.07, 6.45) is 10.7. The Hall–Kier alpha value is -3.94. The van der Waals surface area contributed by atoms with Crippen LogP contribution in [0.15, 0.2) is 64.7 Å². The van der Waals surface area contributed by atoms with Gasteiger partial charge in [0.15, 0.2) is 0 Å². The fourth-order valence-electron chi connectivity index (χ4n) is 5.09. The highest BCUT2D eigenvalue weighted by Crippen LogP contribution is 2.25. The Bertz CT molecular complexity index is 1320. The minimum Gasteiger partial charge on any atom is -0.345 e. The van der Waals surface area contributed by atoms with E-state index in [2.05, 4.69) is 66.7 Å². The van der Waals surface area contributed by atoms with Gasteiger partial charge in [-0.2, -0.15) is 0 Å². The van der Waals surface area contributed by atoms with Crippen molar-refractivity contribution in [3.05, 3.63) is 76.4 Å². The average molecular weight is 543 g/mol. The lowest BCUT2D eigenvalue weighted by atomic mass is 9.95. The summed E-state index contributed by atoms with van der Waals surface area (Å²) in [4.78, 5) is 37.5. The number of carbonyl (C=O) groups excluding carboxylic acids is 2. The predicted octanol–water partition coefficient (Wildman–Crippen LogP) is 5.54. The van der Waals surface area contributed by atoms with Gasteiger partial charge >= 0.3 is 0 Å². The summed E-state index contributed by atoms with van der Waals surface area (Å²) in [6.45, 7) is 10.1. The van der Waals surface area contributed by atoms with E-state index in [9.17, 15) is 9.59 Å². The molecule has 4 rings (SSSR count). The number of rotatable bonds is 6. The summed E-state index contributed by atoms with van der Waals surface area (Å²) in [5, 5.41) is 7.08. The van der Waals surface area contributed by atoms with Crippen LogP contribution in [0.1, 0.15) is 63.6 Å². The maximum atomic E-state index is 13.3. The third-order valence-corrected chi connectivity index (χ3v) is 7.99. The van der Waals surface area contributed by atoms with Crippen LogP contribution >= 0.6 is 0 Å². The van der Waals surface area contributed by atoms with Crippen molar-refractivity contribution in [3.8, 4) is 0 Å². The number of hydrogen-bond donors (Lipinski definition) is 2. The van der Waals surface area contributed by atoms with Crippen LogP contribution < -0.4 is 10.6 Å². The van der Waals surface area contributed by atoms with Crippen LogP contribution in [0.2, 0.25) is 0 Å². The normalized spacial score (nSPS) is 19.1. The molecule has 2 aromatic rings. The van der Waals surface area contributed by atoms with Crippen molar-refractivity contribution in [2.45, 2.75) is 66.3 Å². The molecule has 212 valence electrons. The molecule has 0 atom stereocenters. The predicted molar refractivity (Wildman–Crippen MR) is 162 cm³/mol. The Kier molecular flexibility index (Phi) is 9.74. The van der Waals surface area contributed by atoms with Gasteiger partial charge in [-0.05, 0) is 98.9 Å². The van der Waals surface area contributed by atoms with Gasteiger partial charge in [0.05, 0.1) is 11.9 Å². The zero-order valence-electron chi connectivity index (χ0n) is 24.5. The average Bonchev–Trinajstić information content (AvgIpc) is 2.99. The number of hydrogen-bond acceptors (Lipinski definition) is 6. The Morgan fingerprint density at radius 1 is 1.10 bits per heavy atom. The van der Waals surface area contributed by atoms with Crippen molar-refractivity contribution in [1.82, 2.24) is 14.8 Å². The standard InChI is InChI=1S/C32H42N6O2/c1-6-22(3)30-34-28-11-10-27(20-37(5)32(40)25-12-14-38(21-39)15-13-25)26(17-28)9-8-24-16-29(19-33-18-24)35-31(36-30)23(4)7-2/h6,10-11,16-19,21,25,35H,7-9,12-15,20H2,1-5H3,(H,34,36)/b22-6-,31-23+. The maximum absolute atomic E-state index is 13.3. The fourth-order valence-corrected chi connectivity index (χ4v) is 5.09. The minimum absolute atomic E-state index is 0.0371. The molecule has 3 heterocycles. The quantitative estimate of drug-likeness (QED) is 0.468. The summed E-state index contributed by atoms with van der Waals surface area (Å²) >= 11 is 0. The molecule has 2 N–H and O–H groups in total. The largest absolute Gasteiger partial charge is 0.345 e. The molecule has 2 aliphatic rings. The van der Waals surface area contributed by atoms with Gasteiger partial charge in [0, 0.05) is 44.5 Å². The number of benzene rings is 1. The molecule has 1 fully saturated rings. The van der Waals surface area contributed by atoms with Gasteiger partial charge in [0.25, 0.3) is 0 Å². The number of carbonyl (C=O) groups is 2. The lowest BCUT2D eigenvalue weighted by Gasteiger charge is -2.31. The molecule has 0 spiro atoms. The van der Waals surface area contributed by atoms with Crippen LogP contribution in [0.25, 0.3) is 0 Å². The number of aliphatic imine (C=N–C) groups is 1. The fraction of sp³-hybridized carbons (Fsp3) is 0.438. The highest BCUT2D eigenvalue weighted by Gasteiger charge is 2.27. The molecule has 0 unspecified atom stereocenters. The van der Waals surface area contributed by atoms with Gasteiger partial charge in [0.2, 0.25) is 12.3 Å². The van der Waals surface area contributed by atoms with E-state index in [-0.39, 0.29) is 11.8 Å². The molecule has 1 aromatic heterocycles. The van der Waals surface area contributed by atoms with Crippen LogP contribution in [0.5, 0.6) is 0 Å². The second-order valence-electron chi connectivity index (χ2n) is 10.8. The summed E-state index contributed by atoms with van der Waals surface area (Å²) in [5.41, 5.74) is 7.54. The first-order valence-corrected chi connectivity index (χ1v) is 14.3. The zero-order valence-corrected chi connectivity index (χ0v) is 24.5. The van der Waals surface area contributed by atoms with Crippen LogP contribution in [0, 0.1) is 5.92 Å². The van der Waals surface area contributed by atoms with Gasteiger partial charge < -0.3 is 20.4 Å². The SMILES string of the molecule is C\C=C(C)/C1=N\C(=C(/C)CC)Nc2cncc(c2)CCc2cc(ccc2CN(C)C(=O)C2CCN(C=O)CC2)N1. The summed E-state index contributed by atoms with van der Waals surface area (Å²) < 4.78 is 0. The van der Waals surface area contributed by atoms with Gasteiger partial charge in [-0.1, -0.05) is 19.1 Å². The van der Waals surface area contributed by atoms with Crippen molar-refractivity contribution in [1.29, 1.82) is 0 Å². The number of aromatic nitrogens is 1. The number of amidine groups is 1. The van der Waals surface area contributed by atoms with E-state index in [0.29, 0.717) is 19.6 Å². The number of nitrogens with one attached hydrogen (secondary N) is 2. The van der Waals surface area contributed by atoms with Gasteiger partial charge in [0.1, 0.15) is 11.7 Å². The Morgan fingerprint density at radius 3 is 2.58 bits per heavy atom. The summed E-state index contributed by atoms with van der Waals surface area (Å²) in [6, 6.07) is 8.53. The van der Waals surface area contributed by atoms with Gasteiger partial charge in [-0.15, -0.1) is 0 Å². The summed E-state index contributed by atoms with van der Waals surface area (Å²) in [7, 11) is 1.88. The first kappa shape index (κ1) is 29.1. The molecule has 40 heavy (non-hydrogen) atoms. The number of likely N-dealkylation sites (tertiary alicyclic amines) is 1. The topological polar surface area (TPSA) is 89.9 Å². The van der Waals surface area contributed by atoms with E-state index in [4.69, 9.17) is 4.99 Å². The molecule has 8 nitrogen and oxygen atoms in total. The molecule has 1 saturated heterocycles. The molecular formula is C32H42N6O2. The zero-order chi connectivity index (χ0) is 28.6. The van der Waals surface area contributed by atoms with E-state index in [1.807, 2.05) is 31.3 Å². The van der Waals surface area contributed by atoms with E-state index in [1.54, 1.807) is 4.90 Å². The molecule has 8 heteroatoms. The van der Waals surface area contributed by atoms with E-state index in [1.165, 1.54) is 5.56 Å². The van der Waals surface area contributed by atoms with Crippen molar-refractivity contribution in [2.24, 2.45) is 10.9 Å². The molecule has 2 aliphatic heterocycles. The van der Waals surface area contributed by atoms with Gasteiger partial charge in [-0.25, -0.2) is 4.99 Å².